The van der Waals surface area contributed by atoms with Crippen molar-refractivity contribution in [3.8, 4) is 0 Å². The van der Waals surface area contributed by atoms with Gasteiger partial charge in [0.25, 0.3) is 0 Å². The fourth-order valence-corrected chi connectivity index (χ4v) is 2.31. The molecule has 0 radical (unpaired) electrons. The zero-order valence-electron chi connectivity index (χ0n) is 10.3. The molecule has 0 amide bonds. The van der Waals surface area contributed by atoms with Gasteiger partial charge >= 0.3 is 0 Å². The van der Waals surface area contributed by atoms with E-state index in [1.54, 1.807) is 0 Å². The van der Waals surface area contributed by atoms with E-state index in [9.17, 15) is 0 Å². The lowest BCUT2D eigenvalue weighted by atomic mass is 10.3. The lowest BCUT2D eigenvalue weighted by molar-refractivity contribution is 0.0337. The smallest absolute Gasteiger partial charge is 0.123 e. The molecule has 18 heavy (non-hydrogen) atoms. The Bertz CT molecular complexity index is 342. The fourth-order valence-electron chi connectivity index (χ4n) is 2.31. The van der Waals surface area contributed by atoms with Crippen molar-refractivity contribution >= 4 is 24.8 Å². The molecule has 3 rings (SSSR count). The predicted molar refractivity (Wildman–Crippen MR) is 74.5 cm³/mol. The van der Waals surface area contributed by atoms with Crippen LogP contribution in [0.3, 0.4) is 0 Å². The summed E-state index contributed by atoms with van der Waals surface area (Å²) < 4.78 is 7.61. The van der Waals surface area contributed by atoms with Crippen molar-refractivity contribution in [2.75, 3.05) is 32.8 Å². The predicted octanol–water partition coefficient (Wildman–Crippen LogP) is 0.662. The summed E-state index contributed by atoms with van der Waals surface area (Å²) in [5.41, 5.74) is 1.20. The quantitative estimate of drug-likeness (QED) is 0.870. The average molecular weight is 295 g/mol. The third-order valence-corrected chi connectivity index (χ3v) is 3.21. The van der Waals surface area contributed by atoms with Crippen LogP contribution in [0.2, 0.25) is 0 Å². The molecule has 0 spiro atoms. The van der Waals surface area contributed by atoms with Crippen molar-refractivity contribution < 1.29 is 4.74 Å². The molecule has 2 aliphatic heterocycles. The Hall–Kier alpha value is -0.330. The highest BCUT2D eigenvalue weighted by atomic mass is 35.5. The van der Waals surface area contributed by atoms with Gasteiger partial charge in [-0.15, -0.1) is 24.8 Å². The number of nitrogens with one attached hydrogen (secondary N) is 1. The van der Waals surface area contributed by atoms with Gasteiger partial charge in [0.2, 0.25) is 0 Å². The van der Waals surface area contributed by atoms with Crippen LogP contribution in [0.4, 0.5) is 0 Å². The highest BCUT2D eigenvalue weighted by Crippen LogP contribution is 2.10. The summed E-state index contributed by atoms with van der Waals surface area (Å²) in [6, 6.07) is 0. The maximum Gasteiger partial charge on any atom is 0.123 e. The normalized spacial score (nSPS) is 19.6. The standard InChI is InChI=1S/C11H18N4O.2ClH/c1-2-15-9-10(13-11(15)7-12-1)8-14-3-5-16-6-4-14;;/h9,12H,1-8H2;2*1H. The van der Waals surface area contributed by atoms with Crippen LogP contribution >= 0.6 is 24.8 Å². The molecule has 3 heterocycles. The number of morpholine rings is 1. The molecule has 1 fully saturated rings. The van der Waals surface area contributed by atoms with E-state index < -0.39 is 0 Å². The SMILES string of the molecule is Cl.Cl.c1c(CN2CCOCC2)nc2n1CCNC2. The number of imidazole rings is 1. The van der Waals surface area contributed by atoms with Crippen molar-refractivity contribution in [3.63, 3.8) is 0 Å². The van der Waals surface area contributed by atoms with E-state index in [4.69, 9.17) is 4.74 Å². The number of fused-ring (bicyclic) bond motifs is 1. The van der Waals surface area contributed by atoms with Gasteiger partial charge in [0.05, 0.1) is 25.5 Å². The average Bonchev–Trinajstić information content (AvgIpc) is 2.72. The van der Waals surface area contributed by atoms with Crippen molar-refractivity contribution in [1.82, 2.24) is 19.8 Å². The summed E-state index contributed by atoms with van der Waals surface area (Å²) in [5.74, 6) is 1.18. The molecule has 0 bridgehead atoms. The van der Waals surface area contributed by atoms with Crippen LogP contribution in [0.15, 0.2) is 6.20 Å². The van der Waals surface area contributed by atoms with Gasteiger partial charge in [-0.2, -0.15) is 0 Å². The number of aromatic nitrogens is 2. The Labute approximate surface area is 120 Å². The zero-order valence-corrected chi connectivity index (χ0v) is 11.9. The van der Waals surface area contributed by atoms with E-state index in [0.29, 0.717) is 0 Å². The summed E-state index contributed by atoms with van der Waals surface area (Å²) >= 11 is 0. The molecule has 5 nitrogen and oxygen atoms in total. The molecule has 0 aliphatic carbocycles. The number of nitrogens with zero attached hydrogens (tertiary/aromatic N) is 3. The molecule has 7 heteroatoms. The molecular formula is C11H20Cl2N4O. The van der Waals surface area contributed by atoms with E-state index in [1.165, 1.54) is 11.5 Å². The summed E-state index contributed by atoms with van der Waals surface area (Å²) in [7, 11) is 0. The van der Waals surface area contributed by atoms with E-state index in [0.717, 1.165) is 52.5 Å². The van der Waals surface area contributed by atoms with Crippen LogP contribution in [-0.2, 0) is 24.4 Å². The minimum absolute atomic E-state index is 0. The second-order valence-electron chi connectivity index (χ2n) is 4.41. The van der Waals surface area contributed by atoms with E-state index in [1.807, 2.05) is 0 Å². The van der Waals surface area contributed by atoms with Crippen molar-refractivity contribution in [2.45, 2.75) is 19.6 Å². The lowest BCUT2D eigenvalue weighted by Crippen LogP contribution is -2.35. The lowest BCUT2D eigenvalue weighted by Gasteiger charge is -2.25. The van der Waals surface area contributed by atoms with Crippen LogP contribution in [0.25, 0.3) is 0 Å². The molecule has 1 aromatic heterocycles. The Kier molecular flexibility index (Phi) is 6.38. The minimum Gasteiger partial charge on any atom is -0.379 e. The van der Waals surface area contributed by atoms with E-state index in [-0.39, 0.29) is 24.8 Å². The van der Waals surface area contributed by atoms with Crippen LogP contribution in [0.5, 0.6) is 0 Å². The highest BCUT2D eigenvalue weighted by Gasteiger charge is 2.15. The van der Waals surface area contributed by atoms with Crippen LogP contribution in [-0.4, -0.2) is 47.3 Å². The number of ether oxygens (including phenoxy) is 1. The van der Waals surface area contributed by atoms with Crippen LogP contribution in [0, 0.1) is 0 Å². The molecule has 1 aromatic rings. The van der Waals surface area contributed by atoms with E-state index >= 15 is 0 Å². The van der Waals surface area contributed by atoms with Crippen molar-refractivity contribution in [3.05, 3.63) is 17.7 Å². The topological polar surface area (TPSA) is 42.3 Å². The van der Waals surface area contributed by atoms with Gasteiger partial charge in [-0.3, -0.25) is 4.90 Å². The second kappa shape index (κ2) is 7.31. The van der Waals surface area contributed by atoms with Gasteiger partial charge < -0.3 is 14.6 Å². The first-order valence-electron chi connectivity index (χ1n) is 5.97. The van der Waals surface area contributed by atoms with Crippen molar-refractivity contribution in [2.24, 2.45) is 0 Å². The monoisotopic (exact) mass is 294 g/mol. The highest BCUT2D eigenvalue weighted by molar-refractivity contribution is 5.85. The van der Waals surface area contributed by atoms with Gasteiger partial charge in [0.15, 0.2) is 0 Å². The molecule has 1 N–H and O–H groups in total. The molecule has 0 aromatic carbocycles. The third kappa shape index (κ3) is 3.59. The maximum atomic E-state index is 5.34. The minimum atomic E-state index is 0. The summed E-state index contributed by atoms with van der Waals surface area (Å²) in [6.45, 7) is 7.74. The summed E-state index contributed by atoms with van der Waals surface area (Å²) in [4.78, 5) is 7.07. The van der Waals surface area contributed by atoms with Gasteiger partial charge in [-0.1, -0.05) is 0 Å². The molecule has 2 aliphatic rings. The van der Waals surface area contributed by atoms with Gasteiger partial charge in [0, 0.05) is 38.9 Å². The maximum absolute atomic E-state index is 5.34. The molecule has 104 valence electrons. The zero-order chi connectivity index (χ0) is 10.8. The Morgan fingerprint density at radius 1 is 1.22 bits per heavy atom. The van der Waals surface area contributed by atoms with Gasteiger partial charge in [-0.05, 0) is 0 Å². The molecular weight excluding hydrogens is 275 g/mol. The number of rotatable bonds is 2. The number of hydrogen-bond donors (Lipinski definition) is 1. The van der Waals surface area contributed by atoms with Crippen LogP contribution in [0.1, 0.15) is 11.5 Å². The Balaban J connectivity index is 0.000000810. The molecule has 0 unspecified atom stereocenters. The Morgan fingerprint density at radius 2 is 2.00 bits per heavy atom. The second-order valence-corrected chi connectivity index (χ2v) is 4.41. The largest absolute Gasteiger partial charge is 0.379 e. The third-order valence-electron chi connectivity index (χ3n) is 3.21. The molecule has 0 saturated carbocycles. The summed E-state index contributed by atoms with van der Waals surface area (Å²) in [6.07, 6.45) is 2.20. The first-order valence-corrected chi connectivity index (χ1v) is 5.97. The fraction of sp³-hybridized carbons (Fsp3) is 0.727. The first kappa shape index (κ1) is 15.7. The number of hydrogen-bond acceptors (Lipinski definition) is 4. The molecule has 0 atom stereocenters. The van der Waals surface area contributed by atoms with E-state index in [2.05, 4.69) is 26.0 Å². The Morgan fingerprint density at radius 3 is 2.72 bits per heavy atom. The molecule has 1 saturated heterocycles. The van der Waals surface area contributed by atoms with Gasteiger partial charge in [-0.25, -0.2) is 4.98 Å². The first-order chi connectivity index (χ1) is 7.92. The van der Waals surface area contributed by atoms with Gasteiger partial charge in [0.1, 0.15) is 5.82 Å². The number of halogens is 2. The summed E-state index contributed by atoms with van der Waals surface area (Å²) in [5, 5.41) is 3.34. The van der Waals surface area contributed by atoms with Crippen LogP contribution < -0.4 is 5.32 Å². The van der Waals surface area contributed by atoms with Crippen molar-refractivity contribution in [1.29, 1.82) is 0 Å².